The van der Waals surface area contributed by atoms with Crippen LogP contribution in [0.2, 0.25) is 0 Å². The predicted molar refractivity (Wildman–Crippen MR) is 80.1 cm³/mol. The molecule has 0 saturated carbocycles. The molecule has 0 unspecified atom stereocenters. The van der Waals surface area contributed by atoms with Gasteiger partial charge in [0.1, 0.15) is 16.9 Å². The standard InChI is InChI=1S/C16H22F3NO3/c1-14(2,3)23-13(21)15(20,10-16(17,18)19)9-11-6-5-7-12(8-11)22-4/h5-8H,9-10,20H2,1-4H3/t15-/m0/s1. The highest BCUT2D eigenvalue weighted by molar-refractivity contribution is 5.81. The quantitative estimate of drug-likeness (QED) is 0.841. The Morgan fingerprint density at radius 1 is 1.22 bits per heavy atom. The number of alkyl halides is 3. The molecule has 7 heteroatoms. The van der Waals surface area contributed by atoms with E-state index in [0.29, 0.717) is 11.3 Å². The zero-order valence-electron chi connectivity index (χ0n) is 13.7. The maximum Gasteiger partial charge on any atom is 0.391 e. The number of rotatable bonds is 5. The van der Waals surface area contributed by atoms with Gasteiger partial charge in [-0.1, -0.05) is 12.1 Å². The summed E-state index contributed by atoms with van der Waals surface area (Å²) in [5, 5.41) is 0. The Hall–Kier alpha value is -1.76. The van der Waals surface area contributed by atoms with E-state index in [1.807, 2.05) is 0 Å². The summed E-state index contributed by atoms with van der Waals surface area (Å²) in [6.07, 6.45) is -6.37. The van der Waals surface area contributed by atoms with Crippen LogP contribution in [-0.4, -0.2) is 30.4 Å². The van der Waals surface area contributed by atoms with Crippen LogP contribution in [0.25, 0.3) is 0 Å². The highest BCUT2D eigenvalue weighted by Gasteiger charge is 2.47. The Bertz CT molecular complexity index is 552. The maximum absolute atomic E-state index is 12.9. The topological polar surface area (TPSA) is 61.5 Å². The molecule has 1 aromatic carbocycles. The van der Waals surface area contributed by atoms with Crippen LogP contribution in [0, 0.1) is 0 Å². The minimum absolute atomic E-state index is 0.307. The van der Waals surface area contributed by atoms with Crippen LogP contribution >= 0.6 is 0 Å². The van der Waals surface area contributed by atoms with E-state index in [0.717, 1.165) is 0 Å². The molecule has 1 aromatic rings. The van der Waals surface area contributed by atoms with Crippen molar-refractivity contribution in [3.63, 3.8) is 0 Å². The minimum Gasteiger partial charge on any atom is -0.497 e. The Morgan fingerprint density at radius 2 is 1.83 bits per heavy atom. The molecule has 0 aliphatic carbocycles. The molecule has 0 radical (unpaired) electrons. The van der Waals surface area contributed by atoms with Gasteiger partial charge in [0.15, 0.2) is 0 Å². The molecule has 0 aliphatic rings. The first-order chi connectivity index (χ1) is 10.3. The maximum atomic E-state index is 12.9. The lowest BCUT2D eigenvalue weighted by Crippen LogP contribution is -2.55. The minimum atomic E-state index is -4.59. The van der Waals surface area contributed by atoms with Crippen molar-refractivity contribution in [2.75, 3.05) is 7.11 Å². The second-order valence-electron chi connectivity index (χ2n) is 6.48. The highest BCUT2D eigenvalue weighted by Crippen LogP contribution is 2.31. The third-order valence-corrected chi connectivity index (χ3v) is 2.98. The molecule has 4 nitrogen and oxygen atoms in total. The Morgan fingerprint density at radius 3 is 2.30 bits per heavy atom. The van der Waals surface area contributed by atoms with Gasteiger partial charge in [0.25, 0.3) is 0 Å². The van der Waals surface area contributed by atoms with Crippen LogP contribution in [0.4, 0.5) is 13.2 Å². The van der Waals surface area contributed by atoms with Crippen molar-refractivity contribution < 1.29 is 27.4 Å². The number of esters is 1. The van der Waals surface area contributed by atoms with Gasteiger partial charge >= 0.3 is 12.1 Å². The number of benzene rings is 1. The number of halogens is 3. The molecule has 0 heterocycles. The summed E-state index contributed by atoms with van der Waals surface area (Å²) < 4.78 is 48.8. The van der Waals surface area contributed by atoms with Crippen LogP contribution < -0.4 is 10.5 Å². The summed E-state index contributed by atoms with van der Waals surface area (Å²) in [5.74, 6) is -0.605. The van der Waals surface area contributed by atoms with Gasteiger partial charge in [-0.05, 0) is 38.5 Å². The number of carbonyl (C=O) groups excluding carboxylic acids is 1. The molecule has 130 valence electrons. The average Bonchev–Trinajstić information content (AvgIpc) is 2.34. The molecule has 0 saturated heterocycles. The van der Waals surface area contributed by atoms with Gasteiger partial charge in [-0.25, -0.2) is 0 Å². The van der Waals surface area contributed by atoms with E-state index in [9.17, 15) is 18.0 Å². The molecule has 2 N–H and O–H groups in total. The lowest BCUT2D eigenvalue weighted by Gasteiger charge is -2.32. The van der Waals surface area contributed by atoms with E-state index in [1.54, 1.807) is 45.0 Å². The second-order valence-corrected chi connectivity index (χ2v) is 6.48. The van der Waals surface area contributed by atoms with Crippen molar-refractivity contribution in [2.45, 2.75) is 50.9 Å². The molecule has 0 amide bonds. The third kappa shape index (κ3) is 6.48. The lowest BCUT2D eigenvalue weighted by molar-refractivity contribution is -0.179. The van der Waals surface area contributed by atoms with Crippen LogP contribution in [-0.2, 0) is 16.0 Å². The normalized spacial score (nSPS) is 15.0. The van der Waals surface area contributed by atoms with E-state index in [2.05, 4.69) is 0 Å². The number of hydrogen-bond acceptors (Lipinski definition) is 4. The summed E-state index contributed by atoms with van der Waals surface area (Å²) in [4.78, 5) is 12.2. The van der Waals surface area contributed by atoms with E-state index in [4.69, 9.17) is 15.2 Å². The van der Waals surface area contributed by atoms with Crippen molar-refractivity contribution in [1.82, 2.24) is 0 Å². The largest absolute Gasteiger partial charge is 0.497 e. The van der Waals surface area contributed by atoms with Gasteiger partial charge in [0.2, 0.25) is 0 Å². The molecule has 23 heavy (non-hydrogen) atoms. The molecule has 0 fully saturated rings. The molecule has 0 bridgehead atoms. The van der Waals surface area contributed by atoms with E-state index >= 15 is 0 Å². The fraction of sp³-hybridized carbons (Fsp3) is 0.562. The zero-order valence-corrected chi connectivity index (χ0v) is 13.7. The van der Waals surface area contributed by atoms with Gasteiger partial charge in [-0.3, -0.25) is 4.79 Å². The Balaban J connectivity index is 3.10. The first kappa shape index (κ1) is 19.3. The van der Waals surface area contributed by atoms with Crippen LogP contribution in [0.15, 0.2) is 24.3 Å². The van der Waals surface area contributed by atoms with Crippen molar-refractivity contribution in [1.29, 1.82) is 0 Å². The predicted octanol–water partition coefficient (Wildman–Crippen LogP) is 3.23. The van der Waals surface area contributed by atoms with Crippen molar-refractivity contribution in [3.8, 4) is 5.75 Å². The van der Waals surface area contributed by atoms with E-state index < -0.39 is 29.7 Å². The van der Waals surface area contributed by atoms with Gasteiger partial charge in [-0.15, -0.1) is 0 Å². The molecular weight excluding hydrogens is 311 g/mol. The van der Waals surface area contributed by atoms with Gasteiger partial charge in [0.05, 0.1) is 13.5 Å². The number of methoxy groups -OCH3 is 1. The number of hydrogen-bond donors (Lipinski definition) is 1. The van der Waals surface area contributed by atoms with Gasteiger partial charge in [-0.2, -0.15) is 13.2 Å². The summed E-state index contributed by atoms with van der Waals surface area (Å²) >= 11 is 0. The fourth-order valence-corrected chi connectivity index (χ4v) is 2.09. The van der Waals surface area contributed by atoms with Crippen LogP contribution in [0.1, 0.15) is 32.8 Å². The molecule has 0 aromatic heterocycles. The van der Waals surface area contributed by atoms with Crippen molar-refractivity contribution >= 4 is 5.97 Å². The van der Waals surface area contributed by atoms with Crippen molar-refractivity contribution in [3.05, 3.63) is 29.8 Å². The lowest BCUT2D eigenvalue weighted by atomic mass is 9.88. The van der Waals surface area contributed by atoms with E-state index in [1.165, 1.54) is 7.11 Å². The first-order valence-electron chi connectivity index (χ1n) is 7.07. The van der Waals surface area contributed by atoms with Crippen LogP contribution in [0.5, 0.6) is 5.75 Å². The smallest absolute Gasteiger partial charge is 0.391 e. The summed E-state index contributed by atoms with van der Waals surface area (Å²) in [7, 11) is 1.44. The average molecular weight is 333 g/mol. The summed E-state index contributed by atoms with van der Waals surface area (Å²) in [5.41, 5.74) is 3.16. The highest BCUT2D eigenvalue weighted by atomic mass is 19.4. The first-order valence-corrected chi connectivity index (χ1v) is 7.07. The summed E-state index contributed by atoms with van der Waals surface area (Å²) in [6.45, 7) is 4.72. The molecule has 0 aliphatic heterocycles. The Labute approximate surface area is 133 Å². The number of ether oxygens (including phenoxy) is 2. The molecule has 1 atom stereocenters. The number of nitrogens with two attached hydrogens (primary N) is 1. The number of carbonyl (C=O) groups is 1. The molecule has 1 rings (SSSR count). The Kier molecular flexibility index (Phi) is 5.69. The zero-order chi connectivity index (χ0) is 17.9. The molecule has 0 spiro atoms. The SMILES string of the molecule is COc1cccc(C[C@](N)(CC(F)(F)F)C(=O)OC(C)(C)C)c1. The van der Waals surface area contributed by atoms with Gasteiger partial charge in [0, 0.05) is 6.42 Å². The fourth-order valence-electron chi connectivity index (χ4n) is 2.09. The van der Waals surface area contributed by atoms with Crippen molar-refractivity contribution in [2.24, 2.45) is 5.73 Å². The summed E-state index contributed by atoms with van der Waals surface area (Å²) in [6, 6.07) is 6.41. The monoisotopic (exact) mass is 333 g/mol. The van der Waals surface area contributed by atoms with Crippen LogP contribution in [0.3, 0.4) is 0 Å². The molecular formula is C16H22F3NO3. The third-order valence-electron chi connectivity index (χ3n) is 2.98. The van der Waals surface area contributed by atoms with E-state index in [-0.39, 0.29) is 6.42 Å². The van der Waals surface area contributed by atoms with Gasteiger partial charge < -0.3 is 15.2 Å². The second kappa shape index (κ2) is 6.78.